The first-order valence-corrected chi connectivity index (χ1v) is 7.15. The van der Waals surface area contributed by atoms with E-state index < -0.39 is 6.36 Å². The second kappa shape index (κ2) is 8.40. The standard InChI is InChI=1S/C15H19F3N2O2.ClH/c1-20(14(21)9-12-3-2-8-19-12)10-11-4-6-13(7-5-11)22-15(16,17)18;/h4-7,12,19H,2-3,8-10H2,1H3;1H. The highest BCUT2D eigenvalue weighted by Gasteiger charge is 2.31. The highest BCUT2D eigenvalue weighted by atomic mass is 35.5. The molecule has 23 heavy (non-hydrogen) atoms. The van der Waals surface area contributed by atoms with Crippen LogP contribution in [-0.2, 0) is 11.3 Å². The minimum absolute atomic E-state index is 0. The molecule has 1 aliphatic rings. The average molecular weight is 353 g/mol. The Kier molecular flexibility index (Phi) is 7.15. The van der Waals surface area contributed by atoms with Gasteiger partial charge in [-0.05, 0) is 37.1 Å². The second-order valence-corrected chi connectivity index (χ2v) is 5.44. The molecule has 1 amide bonds. The first-order chi connectivity index (χ1) is 10.3. The van der Waals surface area contributed by atoms with Gasteiger partial charge in [0.1, 0.15) is 5.75 Å². The minimum atomic E-state index is -4.69. The predicted octanol–water partition coefficient (Wildman–Crippen LogP) is 3.11. The van der Waals surface area contributed by atoms with Gasteiger partial charge in [-0.2, -0.15) is 0 Å². The molecule has 1 saturated heterocycles. The van der Waals surface area contributed by atoms with E-state index >= 15 is 0 Å². The predicted molar refractivity (Wildman–Crippen MR) is 82.5 cm³/mol. The molecule has 1 aromatic rings. The SMILES string of the molecule is CN(Cc1ccc(OC(F)(F)F)cc1)C(=O)CC1CCCN1.Cl. The number of nitrogens with one attached hydrogen (secondary N) is 1. The number of alkyl halides is 3. The fourth-order valence-electron chi connectivity index (χ4n) is 2.46. The summed E-state index contributed by atoms with van der Waals surface area (Å²) in [6.07, 6.45) is -2.15. The number of benzene rings is 1. The Labute approximate surface area is 139 Å². The smallest absolute Gasteiger partial charge is 0.406 e. The number of carbonyl (C=O) groups is 1. The molecule has 1 fully saturated rings. The summed E-state index contributed by atoms with van der Waals surface area (Å²) in [6, 6.07) is 5.79. The van der Waals surface area contributed by atoms with Gasteiger partial charge in [0.05, 0.1) is 0 Å². The van der Waals surface area contributed by atoms with Crippen molar-refractivity contribution < 1.29 is 22.7 Å². The van der Waals surface area contributed by atoms with Gasteiger partial charge in [0, 0.05) is 26.1 Å². The molecule has 1 aliphatic heterocycles. The van der Waals surface area contributed by atoms with Crippen molar-refractivity contribution in [2.24, 2.45) is 0 Å². The lowest BCUT2D eigenvalue weighted by Gasteiger charge is -2.20. The molecule has 1 unspecified atom stereocenters. The summed E-state index contributed by atoms with van der Waals surface area (Å²) < 4.78 is 40.0. The summed E-state index contributed by atoms with van der Waals surface area (Å²) >= 11 is 0. The topological polar surface area (TPSA) is 41.6 Å². The van der Waals surface area contributed by atoms with E-state index in [-0.39, 0.29) is 30.1 Å². The minimum Gasteiger partial charge on any atom is -0.406 e. The van der Waals surface area contributed by atoms with Gasteiger partial charge >= 0.3 is 6.36 Å². The summed E-state index contributed by atoms with van der Waals surface area (Å²) in [4.78, 5) is 13.7. The third-order valence-corrected chi connectivity index (χ3v) is 3.59. The average Bonchev–Trinajstić information content (AvgIpc) is 2.92. The Bertz CT molecular complexity index is 502. The van der Waals surface area contributed by atoms with E-state index in [0.717, 1.165) is 24.9 Å². The molecule has 1 heterocycles. The zero-order valence-corrected chi connectivity index (χ0v) is 13.5. The Hall–Kier alpha value is -1.47. The number of nitrogens with zero attached hydrogens (tertiary/aromatic N) is 1. The fourth-order valence-corrected chi connectivity index (χ4v) is 2.46. The number of ether oxygens (including phenoxy) is 1. The zero-order chi connectivity index (χ0) is 16.2. The van der Waals surface area contributed by atoms with Crippen molar-refractivity contribution in [1.82, 2.24) is 10.2 Å². The van der Waals surface area contributed by atoms with E-state index in [2.05, 4.69) is 10.1 Å². The molecule has 0 bridgehead atoms. The third kappa shape index (κ3) is 6.66. The summed E-state index contributed by atoms with van der Waals surface area (Å²) in [5.41, 5.74) is 0.754. The Balaban J connectivity index is 0.00000264. The van der Waals surface area contributed by atoms with Crippen LogP contribution in [0.2, 0.25) is 0 Å². The van der Waals surface area contributed by atoms with E-state index in [1.165, 1.54) is 24.3 Å². The Morgan fingerprint density at radius 2 is 2.00 bits per heavy atom. The molecule has 0 radical (unpaired) electrons. The van der Waals surface area contributed by atoms with Gasteiger partial charge in [-0.15, -0.1) is 25.6 Å². The van der Waals surface area contributed by atoms with Crippen LogP contribution in [0.15, 0.2) is 24.3 Å². The molecule has 1 aromatic carbocycles. The first-order valence-electron chi connectivity index (χ1n) is 7.15. The second-order valence-electron chi connectivity index (χ2n) is 5.44. The molecule has 0 aliphatic carbocycles. The normalized spacial score (nSPS) is 17.5. The number of rotatable bonds is 5. The van der Waals surface area contributed by atoms with Crippen LogP contribution in [-0.4, -0.2) is 36.8 Å². The van der Waals surface area contributed by atoms with Crippen LogP contribution in [0.5, 0.6) is 5.75 Å². The summed E-state index contributed by atoms with van der Waals surface area (Å²) in [5.74, 6) is -0.240. The highest BCUT2D eigenvalue weighted by molar-refractivity contribution is 5.85. The molecule has 8 heteroatoms. The van der Waals surface area contributed by atoms with Crippen LogP contribution in [0.4, 0.5) is 13.2 Å². The summed E-state index contributed by atoms with van der Waals surface area (Å²) in [7, 11) is 1.69. The number of hydrogen-bond donors (Lipinski definition) is 1. The van der Waals surface area contributed by atoms with Gasteiger partial charge in [0.25, 0.3) is 0 Å². The molecule has 130 valence electrons. The highest BCUT2D eigenvalue weighted by Crippen LogP contribution is 2.23. The van der Waals surface area contributed by atoms with Gasteiger partial charge in [-0.25, -0.2) is 0 Å². The van der Waals surface area contributed by atoms with Crippen LogP contribution >= 0.6 is 12.4 Å². The molecule has 0 spiro atoms. The van der Waals surface area contributed by atoms with Gasteiger partial charge < -0.3 is 15.0 Å². The summed E-state index contributed by atoms with van der Waals surface area (Å²) in [6.45, 7) is 1.31. The van der Waals surface area contributed by atoms with Gasteiger partial charge in [0.15, 0.2) is 0 Å². The van der Waals surface area contributed by atoms with Crippen LogP contribution in [0, 0.1) is 0 Å². The van der Waals surface area contributed by atoms with Crippen LogP contribution in [0.25, 0.3) is 0 Å². The summed E-state index contributed by atoms with van der Waals surface area (Å²) in [5, 5.41) is 3.26. The largest absolute Gasteiger partial charge is 0.573 e. The maximum Gasteiger partial charge on any atom is 0.573 e. The lowest BCUT2D eigenvalue weighted by Crippen LogP contribution is -2.33. The molecule has 1 N–H and O–H groups in total. The van der Waals surface area contributed by atoms with Crippen LogP contribution < -0.4 is 10.1 Å². The molecule has 0 aromatic heterocycles. The fraction of sp³-hybridized carbons (Fsp3) is 0.533. The van der Waals surface area contributed by atoms with Crippen molar-refractivity contribution in [3.8, 4) is 5.75 Å². The Morgan fingerprint density at radius 1 is 1.35 bits per heavy atom. The number of hydrogen-bond acceptors (Lipinski definition) is 3. The molecule has 1 atom stereocenters. The molecule has 4 nitrogen and oxygen atoms in total. The number of halogens is 4. The number of carbonyl (C=O) groups excluding carboxylic acids is 1. The monoisotopic (exact) mass is 352 g/mol. The molecule has 2 rings (SSSR count). The van der Waals surface area contributed by atoms with Gasteiger partial charge in [-0.3, -0.25) is 4.79 Å². The van der Waals surface area contributed by atoms with Crippen molar-refractivity contribution in [2.75, 3.05) is 13.6 Å². The van der Waals surface area contributed by atoms with E-state index in [1.807, 2.05) is 0 Å². The van der Waals surface area contributed by atoms with Crippen molar-refractivity contribution >= 4 is 18.3 Å². The van der Waals surface area contributed by atoms with Gasteiger partial charge in [-0.1, -0.05) is 12.1 Å². The zero-order valence-electron chi connectivity index (χ0n) is 12.7. The van der Waals surface area contributed by atoms with E-state index in [4.69, 9.17) is 0 Å². The van der Waals surface area contributed by atoms with E-state index in [9.17, 15) is 18.0 Å². The molecular formula is C15H20ClF3N2O2. The lowest BCUT2D eigenvalue weighted by atomic mass is 10.1. The van der Waals surface area contributed by atoms with Crippen molar-refractivity contribution in [2.45, 2.75) is 38.2 Å². The van der Waals surface area contributed by atoms with Crippen LogP contribution in [0.1, 0.15) is 24.8 Å². The maximum absolute atomic E-state index is 12.1. The van der Waals surface area contributed by atoms with Crippen molar-refractivity contribution in [1.29, 1.82) is 0 Å². The number of amides is 1. The van der Waals surface area contributed by atoms with Crippen molar-refractivity contribution in [3.05, 3.63) is 29.8 Å². The van der Waals surface area contributed by atoms with Crippen LogP contribution in [0.3, 0.4) is 0 Å². The molecule has 0 saturated carbocycles. The molecular weight excluding hydrogens is 333 g/mol. The third-order valence-electron chi connectivity index (χ3n) is 3.59. The van der Waals surface area contributed by atoms with E-state index in [0.29, 0.717) is 13.0 Å². The van der Waals surface area contributed by atoms with E-state index in [1.54, 1.807) is 11.9 Å². The quantitative estimate of drug-likeness (QED) is 0.885. The maximum atomic E-state index is 12.1. The van der Waals surface area contributed by atoms with Crippen molar-refractivity contribution in [3.63, 3.8) is 0 Å². The Morgan fingerprint density at radius 3 is 2.52 bits per heavy atom. The lowest BCUT2D eigenvalue weighted by molar-refractivity contribution is -0.274. The van der Waals surface area contributed by atoms with Gasteiger partial charge in [0.2, 0.25) is 5.91 Å². The first kappa shape index (κ1) is 19.6.